The van der Waals surface area contributed by atoms with E-state index in [9.17, 15) is 4.79 Å². The molecule has 1 atom stereocenters. The van der Waals surface area contributed by atoms with Crippen LogP contribution in [0.1, 0.15) is 18.0 Å². The van der Waals surface area contributed by atoms with Crippen LogP contribution >= 0.6 is 0 Å². The predicted molar refractivity (Wildman–Crippen MR) is 66.7 cm³/mol. The molecule has 4 heteroatoms. The molecule has 0 saturated carbocycles. The summed E-state index contributed by atoms with van der Waals surface area (Å²) in [6.45, 7) is 1.39. The van der Waals surface area contributed by atoms with E-state index in [1.807, 2.05) is 18.3 Å². The highest BCUT2D eigenvalue weighted by Gasteiger charge is 2.19. The molecule has 3 rings (SSSR count). The van der Waals surface area contributed by atoms with Crippen molar-refractivity contribution in [3.8, 4) is 0 Å². The number of carbonyl (C=O) groups is 1. The van der Waals surface area contributed by atoms with Crippen LogP contribution in [0.3, 0.4) is 0 Å². The molecule has 1 aromatic heterocycles. The van der Waals surface area contributed by atoms with Gasteiger partial charge in [-0.15, -0.1) is 0 Å². The Morgan fingerprint density at radius 1 is 1.24 bits per heavy atom. The van der Waals surface area contributed by atoms with E-state index in [0.717, 1.165) is 12.1 Å². The lowest BCUT2D eigenvalue weighted by molar-refractivity contribution is -0.120. The van der Waals surface area contributed by atoms with Crippen molar-refractivity contribution in [2.75, 3.05) is 13.1 Å². The van der Waals surface area contributed by atoms with Crippen LogP contribution in [0, 0.1) is 0 Å². The molecule has 0 spiro atoms. The fourth-order valence-electron chi connectivity index (χ4n) is 2.34. The fourth-order valence-corrected chi connectivity index (χ4v) is 2.34. The number of benzene rings is 1. The van der Waals surface area contributed by atoms with Gasteiger partial charge in [0.05, 0.1) is 6.04 Å². The van der Waals surface area contributed by atoms with Crippen molar-refractivity contribution in [3.63, 3.8) is 0 Å². The summed E-state index contributed by atoms with van der Waals surface area (Å²) in [6.07, 6.45) is 2.58. The molecule has 2 heterocycles. The Hall–Kier alpha value is -1.81. The molecule has 17 heavy (non-hydrogen) atoms. The first kappa shape index (κ1) is 10.4. The highest BCUT2D eigenvalue weighted by Crippen LogP contribution is 2.24. The number of H-pyrrole nitrogens is 1. The van der Waals surface area contributed by atoms with Crippen LogP contribution in [0.2, 0.25) is 0 Å². The molecule has 2 aromatic rings. The maximum atomic E-state index is 11.3. The lowest BCUT2D eigenvalue weighted by Crippen LogP contribution is -2.28. The van der Waals surface area contributed by atoms with Gasteiger partial charge in [-0.3, -0.25) is 4.79 Å². The van der Waals surface area contributed by atoms with E-state index < -0.39 is 0 Å². The number of amides is 1. The van der Waals surface area contributed by atoms with Gasteiger partial charge in [-0.25, -0.2) is 0 Å². The van der Waals surface area contributed by atoms with Gasteiger partial charge in [0.25, 0.3) is 0 Å². The first-order chi connectivity index (χ1) is 8.34. The van der Waals surface area contributed by atoms with Crippen molar-refractivity contribution >= 4 is 16.8 Å². The molecule has 1 amide bonds. The van der Waals surface area contributed by atoms with Gasteiger partial charge in [0.1, 0.15) is 0 Å². The van der Waals surface area contributed by atoms with Crippen LogP contribution < -0.4 is 10.6 Å². The second-order valence-electron chi connectivity index (χ2n) is 4.35. The number of hydrogen-bond donors (Lipinski definition) is 3. The van der Waals surface area contributed by atoms with Crippen molar-refractivity contribution < 1.29 is 4.79 Å². The van der Waals surface area contributed by atoms with E-state index in [1.54, 1.807) is 0 Å². The number of aromatic amines is 1. The molecule has 3 N–H and O–H groups in total. The summed E-state index contributed by atoms with van der Waals surface area (Å²) in [7, 11) is 0. The van der Waals surface area contributed by atoms with Gasteiger partial charge in [0.15, 0.2) is 0 Å². The number of aromatic nitrogens is 1. The number of fused-ring (bicyclic) bond motifs is 1. The number of nitrogens with one attached hydrogen (secondary N) is 3. The minimum atomic E-state index is 0.125. The average molecular weight is 229 g/mol. The highest BCUT2D eigenvalue weighted by molar-refractivity contribution is 5.84. The summed E-state index contributed by atoms with van der Waals surface area (Å²) in [5, 5.41) is 7.56. The summed E-state index contributed by atoms with van der Waals surface area (Å²) in [5.41, 5.74) is 2.36. The normalized spacial score (nSPS) is 21.2. The molecule has 1 saturated heterocycles. The topological polar surface area (TPSA) is 56.9 Å². The van der Waals surface area contributed by atoms with Crippen LogP contribution in [0.25, 0.3) is 10.9 Å². The Morgan fingerprint density at radius 2 is 2.12 bits per heavy atom. The Balaban J connectivity index is 1.95. The monoisotopic (exact) mass is 229 g/mol. The van der Waals surface area contributed by atoms with Gasteiger partial charge < -0.3 is 15.6 Å². The third-order valence-corrected chi connectivity index (χ3v) is 3.24. The van der Waals surface area contributed by atoms with Crippen LogP contribution in [-0.2, 0) is 4.79 Å². The Kier molecular flexibility index (Phi) is 2.57. The molecule has 1 aliphatic rings. The Labute approximate surface area is 99.4 Å². The van der Waals surface area contributed by atoms with Gasteiger partial charge in [0, 0.05) is 36.6 Å². The highest BCUT2D eigenvalue weighted by atomic mass is 16.1. The second-order valence-corrected chi connectivity index (χ2v) is 4.35. The lowest BCUT2D eigenvalue weighted by Gasteiger charge is -2.14. The quantitative estimate of drug-likeness (QED) is 0.690. The number of rotatable bonds is 1. The smallest absolute Gasteiger partial charge is 0.221 e. The maximum absolute atomic E-state index is 11.3. The van der Waals surface area contributed by atoms with Crippen molar-refractivity contribution in [2.24, 2.45) is 0 Å². The van der Waals surface area contributed by atoms with Gasteiger partial charge in [-0.2, -0.15) is 0 Å². The predicted octanol–water partition coefficient (Wildman–Crippen LogP) is 1.32. The number of hydrogen-bond acceptors (Lipinski definition) is 2. The summed E-state index contributed by atoms with van der Waals surface area (Å²) in [5.74, 6) is 0.125. The largest absolute Gasteiger partial charge is 0.361 e. The maximum Gasteiger partial charge on any atom is 0.221 e. The zero-order chi connectivity index (χ0) is 11.7. The van der Waals surface area contributed by atoms with E-state index in [4.69, 9.17) is 0 Å². The van der Waals surface area contributed by atoms with Gasteiger partial charge in [0.2, 0.25) is 5.91 Å². The minimum Gasteiger partial charge on any atom is -0.361 e. The number of para-hydroxylation sites is 1. The summed E-state index contributed by atoms with van der Waals surface area (Å²) in [6, 6.07) is 8.42. The van der Waals surface area contributed by atoms with Gasteiger partial charge in [-0.05, 0) is 11.6 Å². The van der Waals surface area contributed by atoms with Crippen molar-refractivity contribution in [2.45, 2.75) is 12.5 Å². The van der Waals surface area contributed by atoms with Crippen molar-refractivity contribution in [3.05, 3.63) is 36.0 Å². The van der Waals surface area contributed by atoms with E-state index in [1.165, 1.54) is 10.9 Å². The third kappa shape index (κ3) is 1.91. The van der Waals surface area contributed by atoms with E-state index in [2.05, 4.69) is 27.8 Å². The molecular formula is C13H15N3O. The van der Waals surface area contributed by atoms with Crippen LogP contribution in [0.15, 0.2) is 30.5 Å². The molecule has 0 aliphatic carbocycles. The fraction of sp³-hybridized carbons (Fsp3) is 0.308. The van der Waals surface area contributed by atoms with E-state index in [-0.39, 0.29) is 11.9 Å². The molecule has 1 aliphatic heterocycles. The van der Waals surface area contributed by atoms with Crippen LogP contribution in [0.5, 0.6) is 0 Å². The molecular weight excluding hydrogens is 214 g/mol. The summed E-state index contributed by atoms with van der Waals surface area (Å²) in [4.78, 5) is 14.6. The molecule has 1 unspecified atom stereocenters. The molecule has 0 radical (unpaired) electrons. The Bertz CT molecular complexity index is 546. The zero-order valence-corrected chi connectivity index (χ0v) is 9.49. The molecule has 1 aromatic carbocycles. The van der Waals surface area contributed by atoms with Crippen LogP contribution in [-0.4, -0.2) is 24.0 Å². The standard InChI is InChI=1S/C13H15N3O/c17-13-5-6-14-12(8-16-13)10-7-15-11-4-2-1-3-9(10)11/h1-4,7,12,14-15H,5-6,8H2,(H,16,17). The first-order valence-corrected chi connectivity index (χ1v) is 5.91. The minimum absolute atomic E-state index is 0.125. The molecule has 0 bridgehead atoms. The lowest BCUT2D eigenvalue weighted by atomic mass is 10.1. The molecule has 88 valence electrons. The van der Waals surface area contributed by atoms with Crippen molar-refractivity contribution in [1.82, 2.24) is 15.6 Å². The third-order valence-electron chi connectivity index (χ3n) is 3.24. The van der Waals surface area contributed by atoms with E-state index >= 15 is 0 Å². The van der Waals surface area contributed by atoms with Crippen molar-refractivity contribution in [1.29, 1.82) is 0 Å². The second kappa shape index (κ2) is 4.22. The molecule has 1 fully saturated rings. The average Bonchev–Trinajstić information content (AvgIpc) is 2.66. The number of carbonyl (C=O) groups excluding carboxylic acids is 1. The van der Waals surface area contributed by atoms with E-state index in [0.29, 0.717) is 13.0 Å². The summed E-state index contributed by atoms with van der Waals surface area (Å²) < 4.78 is 0. The summed E-state index contributed by atoms with van der Waals surface area (Å²) >= 11 is 0. The Morgan fingerprint density at radius 3 is 3.06 bits per heavy atom. The van der Waals surface area contributed by atoms with Crippen LogP contribution in [0.4, 0.5) is 0 Å². The zero-order valence-electron chi connectivity index (χ0n) is 9.49. The van der Waals surface area contributed by atoms with Gasteiger partial charge in [-0.1, -0.05) is 18.2 Å². The SMILES string of the molecule is O=C1CCNC(c2c[nH]c3ccccc23)CN1. The first-order valence-electron chi connectivity index (χ1n) is 5.91. The molecule has 4 nitrogen and oxygen atoms in total. The van der Waals surface area contributed by atoms with Gasteiger partial charge >= 0.3 is 0 Å².